The summed E-state index contributed by atoms with van der Waals surface area (Å²) in [4.78, 5) is 12.1. The van der Waals surface area contributed by atoms with Gasteiger partial charge in [0.1, 0.15) is 0 Å². The average molecular weight is 282 g/mol. The zero-order valence-electron chi connectivity index (χ0n) is 10.5. The summed E-state index contributed by atoms with van der Waals surface area (Å²) in [6.07, 6.45) is 3.29. The van der Waals surface area contributed by atoms with Crippen LogP contribution < -0.4 is 14.8 Å². The molecule has 1 aliphatic heterocycles. The van der Waals surface area contributed by atoms with E-state index in [0.717, 1.165) is 19.3 Å². The van der Waals surface area contributed by atoms with Crippen molar-refractivity contribution in [3.05, 3.63) is 23.8 Å². The van der Waals surface area contributed by atoms with Crippen LogP contribution in [0.15, 0.2) is 18.2 Å². The molecule has 5 heteroatoms. The summed E-state index contributed by atoms with van der Waals surface area (Å²) >= 11 is 6.20. The Kier molecular flexibility index (Phi) is 3.51. The Bertz CT molecular complexity index is 492. The lowest BCUT2D eigenvalue weighted by atomic mass is 10.1. The third kappa shape index (κ3) is 2.63. The van der Waals surface area contributed by atoms with Crippen LogP contribution in [-0.2, 0) is 0 Å². The van der Waals surface area contributed by atoms with Gasteiger partial charge in [0, 0.05) is 17.5 Å². The van der Waals surface area contributed by atoms with E-state index in [1.807, 2.05) is 0 Å². The summed E-state index contributed by atoms with van der Waals surface area (Å²) in [6.45, 7) is 0.859. The number of nitrogens with one attached hydrogen (secondary N) is 1. The Hall–Kier alpha value is -1.42. The molecule has 2 atom stereocenters. The molecule has 1 N–H and O–H groups in total. The molecule has 0 saturated heterocycles. The van der Waals surface area contributed by atoms with Gasteiger partial charge in [0.15, 0.2) is 11.5 Å². The van der Waals surface area contributed by atoms with Crippen LogP contribution in [-0.4, -0.2) is 24.6 Å². The van der Waals surface area contributed by atoms with Gasteiger partial charge < -0.3 is 14.8 Å². The van der Waals surface area contributed by atoms with E-state index in [0.29, 0.717) is 29.5 Å². The van der Waals surface area contributed by atoms with E-state index in [9.17, 15) is 4.79 Å². The van der Waals surface area contributed by atoms with Crippen LogP contribution in [0.2, 0.25) is 0 Å². The van der Waals surface area contributed by atoms with Crippen molar-refractivity contribution in [3.8, 4) is 11.5 Å². The minimum absolute atomic E-state index is 0.0888. The lowest BCUT2D eigenvalue weighted by molar-refractivity contribution is 0.0947. The maximum Gasteiger partial charge on any atom is 0.251 e. The number of amides is 1. The number of hydrogen-bond donors (Lipinski definition) is 1. The number of halogens is 1. The molecule has 0 radical (unpaired) electrons. The highest BCUT2D eigenvalue weighted by Gasteiger charge is 2.25. The Morgan fingerprint density at radius 1 is 1.32 bits per heavy atom. The van der Waals surface area contributed by atoms with Crippen molar-refractivity contribution in [3.63, 3.8) is 0 Å². The lowest BCUT2D eigenvalue weighted by Crippen LogP contribution is -2.31. The molecule has 1 aliphatic carbocycles. The lowest BCUT2D eigenvalue weighted by Gasteiger charge is -2.14. The number of rotatable bonds is 3. The van der Waals surface area contributed by atoms with Crippen molar-refractivity contribution in [1.29, 1.82) is 0 Å². The number of hydrogen-bond acceptors (Lipinski definition) is 3. The van der Waals surface area contributed by atoms with Crippen LogP contribution in [0.5, 0.6) is 11.5 Å². The second-order valence-electron chi connectivity index (χ2n) is 4.99. The van der Waals surface area contributed by atoms with E-state index in [4.69, 9.17) is 21.1 Å². The molecular weight excluding hydrogens is 266 g/mol. The highest BCUT2D eigenvalue weighted by atomic mass is 35.5. The number of alkyl halides is 1. The smallest absolute Gasteiger partial charge is 0.251 e. The van der Waals surface area contributed by atoms with Gasteiger partial charge in [0.05, 0.1) is 0 Å². The van der Waals surface area contributed by atoms with Gasteiger partial charge in [-0.3, -0.25) is 4.79 Å². The van der Waals surface area contributed by atoms with Crippen molar-refractivity contribution < 1.29 is 14.3 Å². The molecule has 1 fully saturated rings. The zero-order chi connectivity index (χ0) is 13.2. The average Bonchev–Trinajstić information content (AvgIpc) is 3.03. The van der Waals surface area contributed by atoms with Gasteiger partial charge in [-0.2, -0.15) is 0 Å². The molecule has 1 amide bonds. The van der Waals surface area contributed by atoms with Crippen LogP contribution >= 0.6 is 11.6 Å². The Morgan fingerprint density at radius 3 is 2.95 bits per heavy atom. The van der Waals surface area contributed by atoms with Gasteiger partial charge in [-0.25, -0.2) is 0 Å². The summed E-state index contributed by atoms with van der Waals surface area (Å²) < 4.78 is 10.5. The summed E-state index contributed by atoms with van der Waals surface area (Å²) in [5, 5.41) is 3.13. The zero-order valence-corrected chi connectivity index (χ0v) is 11.3. The van der Waals surface area contributed by atoms with Crippen LogP contribution in [0, 0.1) is 5.92 Å². The molecule has 4 nitrogen and oxygen atoms in total. The number of ether oxygens (including phenoxy) is 2. The first kappa shape index (κ1) is 12.6. The fourth-order valence-electron chi connectivity index (χ4n) is 2.59. The Labute approximate surface area is 117 Å². The predicted molar refractivity (Wildman–Crippen MR) is 71.9 cm³/mol. The molecule has 102 valence electrons. The Balaban J connectivity index is 1.61. The first-order chi connectivity index (χ1) is 9.24. The van der Waals surface area contributed by atoms with Crippen molar-refractivity contribution in [2.45, 2.75) is 24.6 Å². The third-order valence-corrected chi connectivity index (χ3v) is 4.30. The second kappa shape index (κ2) is 5.29. The molecule has 0 spiro atoms. The summed E-state index contributed by atoms with van der Waals surface area (Å²) in [5.74, 6) is 1.62. The fourth-order valence-corrected chi connectivity index (χ4v) is 2.95. The molecule has 1 aromatic carbocycles. The molecule has 1 saturated carbocycles. The highest BCUT2D eigenvalue weighted by molar-refractivity contribution is 6.21. The van der Waals surface area contributed by atoms with E-state index >= 15 is 0 Å². The maximum atomic E-state index is 12.1. The van der Waals surface area contributed by atoms with E-state index < -0.39 is 0 Å². The molecule has 0 bridgehead atoms. The third-order valence-electron chi connectivity index (χ3n) is 3.73. The van der Waals surface area contributed by atoms with Gasteiger partial charge in [0.2, 0.25) is 6.79 Å². The minimum Gasteiger partial charge on any atom is -0.454 e. The van der Waals surface area contributed by atoms with Gasteiger partial charge in [-0.1, -0.05) is 6.42 Å². The van der Waals surface area contributed by atoms with Crippen LogP contribution in [0.25, 0.3) is 0 Å². The molecule has 0 aromatic heterocycles. The summed E-state index contributed by atoms with van der Waals surface area (Å²) in [5.41, 5.74) is 0.591. The highest BCUT2D eigenvalue weighted by Crippen LogP contribution is 2.32. The normalized spacial score (nSPS) is 24.5. The van der Waals surface area contributed by atoms with Crippen LogP contribution in [0.1, 0.15) is 29.6 Å². The van der Waals surface area contributed by atoms with E-state index in [1.54, 1.807) is 18.2 Å². The molecule has 2 aliphatic rings. The standard InChI is InChI=1S/C14H16ClNO3/c15-11-3-1-2-10(11)7-16-14(17)9-4-5-12-13(6-9)19-8-18-12/h4-6,10-11H,1-3,7-8H2,(H,16,17). The van der Waals surface area contributed by atoms with Crippen LogP contribution in [0.3, 0.4) is 0 Å². The summed E-state index contributed by atoms with van der Waals surface area (Å²) in [6, 6.07) is 5.22. The Morgan fingerprint density at radius 2 is 2.16 bits per heavy atom. The SMILES string of the molecule is O=C(NCC1CCCC1Cl)c1ccc2c(c1)OCO2. The molecule has 1 heterocycles. The first-order valence-corrected chi connectivity index (χ1v) is 6.99. The fraction of sp³-hybridized carbons (Fsp3) is 0.500. The van der Waals surface area contributed by atoms with Crippen molar-refractivity contribution in [2.75, 3.05) is 13.3 Å². The van der Waals surface area contributed by atoms with Crippen molar-refractivity contribution in [2.24, 2.45) is 5.92 Å². The predicted octanol–water partition coefficient (Wildman–Crippen LogP) is 2.55. The number of carbonyl (C=O) groups excluding carboxylic acids is 1. The number of carbonyl (C=O) groups is 1. The molecule has 1 aromatic rings. The van der Waals surface area contributed by atoms with E-state index in [2.05, 4.69) is 5.32 Å². The van der Waals surface area contributed by atoms with E-state index in [1.165, 1.54) is 0 Å². The molecule has 3 rings (SSSR count). The van der Waals surface area contributed by atoms with Gasteiger partial charge in [0.25, 0.3) is 5.91 Å². The number of fused-ring (bicyclic) bond motifs is 1. The van der Waals surface area contributed by atoms with Crippen molar-refractivity contribution >= 4 is 17.5 Å². The largest absolute Gasteiger partial charge is 0.454 e. The van der Waals surface area contributed by atoms with Gasteiger partial charge in [-0.05, 0) is 37.0 Å². The number of benzene rings is 1. The van der Waals surface area contributed by atoms with Gasteiger partial charge >= 0.3 is 0 Å². The summed E-state index contributed by atoms with van der Waals surface area (Å²) in [7, 11) is 0. The monoisotopic (exact) mass is 281 g/mol. The molecular formula is C14H16ClNO3. The minimum atomic E-state index is -0.0888. The van der Waals surface area contributed by atoms with E-state index in [-0.39, 0.29) is 18.1 Å². The molecule has 19 heavy (non-hydrogen) atoms. The van der Waals surface area contributed by atoms with Crippen LogP contribution in [0.4, 0.5) is 0 Å². The quantitative estimate of drug-likeness (QED) is 0.866. The maximum absolute atomic E-state index is 12.1. The van der Waals surface area contributed by atoms with Gasteiger partial charge in [-0.15, -0.1) is 11.6 Å². The van der Waals surface area contributed by atoms with Crippen molar-refractivity contribution in [1.82, 2.24) is 5.32 Å². The molecule has 2 unspecified atom stereocenters. The topological polar surface area (TPSA) is 47.6 Å². The first-order valence-electron chi connectivity index (χ1n) is 6.56. The second-order valence-corrected chi connectivity index (χ2v) is 5.55.